The van der Waals surface area contributed by atoms with Crippen molar-refractivity contribution in [3.05, 3.63) is 12.2 Å². The molecule has 0 aliphatic carbocycles. The van der Waals surface area contributed by atoms with Crippen LogP contribution in [0.25, 0.3) is 0 Å². The summed E-state index contributed by atoms with van der Waals surface area (Å²) in [5.74, 6) is -0.891. The predicted octanol–water partition coefficient (Wildman–Crippen LogP) is 0.491. The average molecular weight is 176 g/mol. The van der Waals surface area contributed by atoms with Gasteiger partial charge >= 0.3 is 51.5 Å². The zero-order chi connectivity index (χ0) is 4.99. The SMILES string of the molecule is C/C=C/C(=O)O.[H-].[H-].[Sr+2]. The smallest absolute Gasteiger partial charge is 1.00 e. The van der Waals surface area contributed by atoms with Gasteiger partial charge in [-0.25, -0.2) is 4.79 Å². The molecule has 0 unspecified atom stereocenters. The second-order valence-corrected chi connectivity index (χ2v) is 0.838. The van der Waals surface area contributed by atoms with Crippen LogP contribution in [0.4, 0.5) is 0 Å². The van der Waals surface area contributed by atoms with Crippen LogP contribution >= 0.6 is 0 Å². The number of rotatable bonds is 1. The summed E-state index contributed by atoms with van der Waals surface area (Å²) in [6.45, 7) is 1.66. The molecule has 0 aromatic carbocycles. The fraction of sp³-hybridized carbons (Fsp3) is 0.250. The van der Waals surface area contributed by atoms with E-state index in [-0.39, 0.29) is 48.3 Å². The van der Waals surface area contributed by atoms with Crippen LogP contribution in [0.3, 0.4) is 0 Å². The minimum Gasteiger partial charge on any atom is -1.00 e. The van der Waals surface area contributed by atoms with Gasteiger partial charge in [-0.15, -0.1) is 0 Å². The van der Waals surface area contributed by atoms with E-state index in [4.69, 9.17) is 5.11 Å². The van der Waals surface area contributed by atoms with E-state index in [1.807, 2.05) is 0 Å². The molecule has 0 aliphatic rings. The topological polar surface area (TPSA) is 37.3 Å². The van der Waals surface area contributed by atoms with E-state index in [2.05, 4.69) is 0 Å². The Kier molecular flexibility index (Phi) is 10.2. The molecule has 0 amide bonds. The number of carboxylic acid groups (broad SMARTS) is 1. The van der Waals surface area contributed by atoms with Gasteiger partial charge < -0.3 is 7.96 Å². The van der Waals surface area contributed by atoms with Crippen LogP contribution in [-0.2, 0) is 4.79 Å². The van der Waals surface area contributed by atoms with Crippen molar-refractivity contribution in [1.82, 2.24) is 0 Å². The Balaban J connectivity index is -0.0000000417. The first-order valence-corrected chi connectivity index (χ1v) is 1.63. The molecule has 1 N–H and O–H groups in total. The molecule has 0 rings (SSSR count). The number of hydrogen-bond donors (Lipinski definition) is 1. The Hall–Kier alpha value is 0.691. The van der Waals surface area contributed by atoms with Crippen molar-refractivity contribution in [2.45, 2.75) is 6.92 Å². The summed E-state index contributed by atoms with van der Waals surface area (Å²) in [6, 6.07) is 0. The van der Waals surface area contributed by atoms with Gasteiger partial charge in [0.05, 0.1) is 0 Å². The molecule has 0 saturated heterocycles. The molecule has 0 spiro atoms. The molecule has 7 heavy (non-hydrogen) atoms. The fourth-order valence-corrected chi connectivity index (χ4v) is 0.143. The van der Waals surface area contributed by atoms with E-state index in [0.29, 0.717) is 0 Å². The van der Waals surface area contributed by atoms with Crippen molar-refractivity contribution in [2.75, 3.05) is 0 Å². The molecule has 0 bridgehead atoms. The molecule has 38 valence electrons. The first-order valence-electron chi connectivity index (χ1n) is 1.63. The first-order chi connectivity index (χ1) is 2.77. The maximum atomic E-state index is 9.51. The third-order valence-corrected chi connectivity index (χ3v) is 0.309. The van der Waals surface area contributed by atoms with Crippen molar-refractivity contribution in [1.29, 1.82) is 0 Å². The maximum absolute atomic E-state index is 9.51. The second-order valence-electron chi connectivity index (χ2n) is 0.838. The number of hydrogen-bond acceptors (Lipinski definition) is 1. The largest absolute Gasteiger partial charge is 2.00 e. The van der Waals surface area contributed by atoms with Crippen LogP contribution in [0, 0.1) is 0 Å². The monoisotopic (exact) mass is 176 g/mol. The molecule has 2 nitrogen and oxygen atoms in total. The third kappa shape index (κ3) is 10.8. The summed E-state index contributed by atoms with van der Waals surface area (Å²) in [7, 11) is 0. The van der Waals surface area contributed by atoms with Crippen LogP contribution in [0.1, 0.15) is 9.78 Å². The summed E-state index contributed by atoms with van der Waals surface area (Å²) in [5, 5.41) is 7.83. The summed E-state index contributed by atoms with van der Waals surface area (Å²) in [5.41, 5.74) is 0. The van der Waals surface area contributed by atoms with E-state index in [9.17, 15) is 4.79 Å². The molecule has 0 heterocycles. The normalized spacial score (nSPS) is 8.14. The zero-order valence-electron chi connectivity index (χ0n) is 6.22. The van der Waals surface area contributed by atoms with Gasteiger partial charge in [0.2, 0.25) is 0 Å². The van der Waals surface area contributed by atoms with Gasteiger partial charge in [0.1, 0.15) is 0 Å². The molecule has 0 fully saturated rings. The molecule has 0 aromatic heterocycles. The van der Waals surface area contributed by atoms with E-state index in [1.54, 1.807) is 6.92 Å². The van der Waals surface area contributed by atoms with E-state index >= 15 is 0 Å². The van der Waals surface area contributed by atoms with Gasteiger partial charge in [0.15, 0.2) is 0 Å². The van der Waals surface area contributed by atoms with Gasteiger partial charge in [-0.05, 0) is 6.92 Å². The minimum absolute atomic E-state index is 0. The molecule has 0 atom stereocenters. The third-order valence-electron chi connectivity index (χ3n) is 0.309. The van der Waals surface area contributed by atoms with Gasteiger partial charge in [0, 0.05) is 6.08 Å². The van der Waals surface area contributed by atoms with Crippen LogP contribution in [0.15, 0.2) is 12.2 Å². The van der Waals surface area contributed by atoms with Crippen molar-refractivity contribution in [3.8, 4) is 0 Å². The van der Waals surface area contributed by atoms with Crippen molar-refractivity contribution in [3.63, 3.8) is 0 Å². The standard InChI is InChI=1S/C4H6O2.Sr.2H/c1-2-3-4(5)6;;;/h2-3H,1H3,(H,5,6);;;/q;+2;2*-1/b3-2+;;;. The first kappa shape index (κ1) is 10.6. The average Bonchev–Trinajstić information content (AvgIpc) is 1.35. The molecular weight excluding hydrogens is 168 g/mol. The Morgan fingerprint density at radius 2 is 2.29 bits per heavy atom. The second kappa shape index (κ2) is 6.69. The van der Waals surface area contributed by atoms with Crippen LogP contribution in [-0.4, -0.2) is 56.6 Å². The number of carbonyl (C=O) groups is 1. The number of allylic oxidation sites excluding steroid dienone is 1. The van der Waals surface area contributed by atoms with E-state index < -0.39 is 5.97 Å². The van der Waals surface area contributed by atoms with Crippen LogP contribution in [0.5, 0.6) is 0 Å². The van der Waals surface area contributed by atoms with Crippen LogP contribution in [0.2, 0.25) is 0 Å². The molecule has 0 saturated carbocycles. The van der Waals surface area contributed by atoms with Crippen molar-refractivity contribution >= 4 is 51.5 Å². The maximum Gasteiger partial charge on any atom is 2.00 e. The van der Waals surface area contributed by atoms with Crippen molar-refractivity contribution < 1.29 is 12.8 Å². The summed E-state index contributed by atoms with van der Waals surface area (Å²) in [6.07, 6.45) is 2.56. The van der Waals surface area contributed by atoms with Crippen molar-refractivity contribution in [2.24, 2.45) is 0 Å². The Bertz CT molecular complexity index is 84.6. The molecule has 3 heteroatoms. The Labute approximate surface area is 82.5 Å². The fourth-order valence-electron chi connectivity index (χ4n) is 0.143. The van der Waals surface area contributed by atoms with Crippen LogP contribution < -0.4 is 0 Å². The molecular formula is C4H8O2Sr. The summed E-state index contributed by atoms with van der Waals surface area (Å²) >= 11 is 0. The minimum atomic E-state index is -0.891. The van der Waals surface area contributed by atoms with Gasteiger partial charge in [0.25, 0.3) is 0 Å². The molecule has 0 aliphatic heterocycles. The molecule has 0 aromatic rings. The summed E-state index contributed by atoms with van der Waals surface area (Å²) < 4.78 is 0. The Morgan fingerprint density at radius 1 is 1.86 bits per heavy atom. The number of carboxylic acids is 1. The van der Waals surface area contributed by atoms with Gasteiger partial charge in [-0.3, -0.25) is 0 Å². The Morgan fingerprint density at radius 3 is 2.29 bits per heavy atom. The quantitative estimate of drug-likeness (QED) is 0.466. The number of aliphatic carboxylic acids is 1. The van der Waals surface area contributed by atoms with Gasteiger partial charge in [-0.2, -0.15) is 0 Å². The predicted molar refractivity (Wildman–Crippen MR) is 30.4 cm³/mol. The zero-order valence-corrected chi connectivity index (χ0v) is 7.69. The molecule has 0 radical (unpaired) electrons. The van der Waals surface area contributed by atoms with E-state index in [0.717, 1.165) is 6.08 Å². The summed E-state index contributed by atoms with van der Waals surface area (Å²) in [4.78, 5) is 9.51. The van der Waals surface area contributed by atoms with Gasteiger partial charge in [-0.1, -0.05) is 6.08 Å². The van der Waals surface area contributed by atoms with E-state index in [1.165, 1.54) is 6.08 Å².